The highest BCUT2D eigenvalue weighted by molar-refractivity contribution is 7.96. The molecule has 0 aromatic heterocycles. The standard InChI is InChI=1S/C14H16F2O9S/c1-6(5-21-12(19)14(15,16)26-25-24-20)10(17)22-13-4-7-2-8(9(13)3-7)11(18)23-13/h6-9,20H,2-5H2,1H3. The zero-order valence-electron chi connectivity index (χ0n) is 13.5. The van der Waals surface area contributed by atoms with Crippen LogP contribution < -0.4 is 0 Å². The van der Waals surface area contributed by atoms with Crippen molar-refractivity contribution in [2.45, 2.75) is 37.2 Å². The van der Waals surface area contributed by atoms with E-state index in [1.807, 2.05) is 0 Å². The van der Waals surface area contributed by atoms with Crippen molar-refractivity contribution in [3.63, 3.8) is 0 Å². The highest BCUT2D eigenvalue weighted by atomic mass is 32.2. The zero-order valence-corrected chi connectivity index (χ0v) is 14.3. The predicted molar refractivity (Wildman–Crippen MR) is 76.7 cm³/mol. The second kappa shape index (κ2) is 6.91. The lowest BCUT2D eigenvalue weighted by molar-refractivity contribution is -0.433. The van der Waals surface area contributed by atoms with Gasteiger partial charge < -0.3 is 14.2 Å². The Hall–Kier alpha value is -1.50. The lowest BCUT2D eigenvalue weighted by Crippen LogP contribution is -2.41. The lowest BCUT2D eigenvalue weighted by Gasteiger charge is -2.30. The van der Waals surface area contributed by atoms with Crippen LogP contribution in [0.4, 0.5) is 8.78 Å². The molecule has 5 unspecified atom stereocenters. The number of halogens is 2. The van der Waals surface area contributed by atoms with Gasteiger partial charge >= 0.3 is 23.2 Å². The van der Waals surface area contributed by atoms with Crippen LogP contribution in [0.3, 0.4) is 0 Å². The summed E-state index contributed by atoms with van der Waals surface area (Å²) in [5.41, 5.74) is 0. The van der Waals surface area contributed by atoms with Crippen LogP contribution in [0.25, 0.3) is 0 Å². The van der Waals surface area contributed by atoms with E-state index in [1.54, 1.807) is 0 Å². The van der Waals surface area contributed by atoms with Gasteiger partial charge in [-0.05, 0) is 25.7 Å². The van der Waals surface area contributed by atoms with E-state index in [-0.39, 0.29) is 23.7 Å². The minimum atomic E-state index is -4.15. The summed E-state index contributed by atoms with van der Waals surface area (Å²) in [7, 11) is 0. The fourth-order valence-electron chi connectivity index (χ4n) is 3.83. The summed E-state index contributed by atoms with van der Waals surface area (Å²) in [5.74, 6) is -5.72. The molecule has 0 aromatic carbocycles. The van der Waals surface area contributed by atoms with E-state index in [0.29, 0.717) is 6.42 Å². The molecule has 0 aromatic rings. The number of fused-ring (bicyclic) bond motifs is 1. The van der Waals surface area contributed by atoms with Gasteiger partial charge in [-0.3, -0.25) is 9.59 Å². The van der Waals surface area contributed by atoms with E-state index < -0.39 is 47.5 Å². The largest absolute Gasteiger partial charge is 0.460 e. The Morgan fingerprint density at radius 1 is 1.46 bits per heavy atom. The summed E-state index contributed by atoms with van der Waals surface area (Å²) in [6.07, 6.45) is 1.89. The maximum atomic E-state index is 13.2. The summed E-state index contributed by atoms with van der Waals surface area (Å²) in [6.45, 7) is 0.654. The van der Waals surface area contributed by atoms with Crippen LogP contribution in [-0.4, -0.2) is 40.8 Å². The second-order valence-corrected chi connectivity index (χ2v) is 7.47. The van der Waals surface area contributed by atoms with Gasteiger partial charge in [0.15, 0.2) is 0 Å². The molecule has 0 amide bonds. The summed E-state index contributed by atoms with van der Waals surface area (Å²) in [5, 5.41) is 6.66. The number of hydrogen-bond donors (Lipinski definition) is 1. The molecule has 2 aliphatic carbocycles. The molecule has 3 rings (SSSR count). The third-order valence-corrected chi connectivity index (χ3v) is 5.43. The number of alkyl halides is 2. The Morgan fingerprint density at radius 2 is 2.19 bits per heavy atom. The van der Waals surface area contributed by atoms with Gasteiger partial charge in [0.2, 0.25) is 0 Å². The molecule has 3 fully saturated rings. The Labute approximate surface area is 150 Å². The first-order valence-electron chi connectivity index (χ1n) is 7.85. The molecule has 1 saturated heterocycles. The Kier molecular flexibility index (Phi) is 5.12. The topological polar surface area (TPSA) is 118 Å². The highest BCUT2D eigenvalue weighted by Crippen LogP contribution is 2.60. The van der Waals surface area contributed by atoms with Crippen molar-refractivity contribution in [3.05, 3.63) is 0 Å². The van der Waals surface area contributed by atoms with Crippen molar-refractivity contribution in [1.29, 1.82) is 0 Å². The average Bonchev–Trinajstić information content (AvgIpc) is 3.18. The molecule has 3 aliphatic rings. The zero-order chi connectivity index (χ0) is 19.1. The summed E-state index contributed by atoms with van der Waals surface area (Å²) in [4.78, 5) is 35.4. The molecule has 9 nitrogen and oxygen atoms in total. The van der Waals surface area contributed by atoms with E-state index in [4.69, 9.17) is 14.7 Å². The van der Waals surface area contributed by atoms with E-state index in [0.717, 1.165) is 12.8 Å². The second-order valence-electron chi connectivity index (χ2n) is 6.65. The molecule has 0 radical (unpaired) electrons. The number of ether oxygens (including phenoxy) is 3. The first-order chi connectivity index (χ1) is 12.2. The van der Waals surface area contributed by atoms with Crippen molar-refractivity contribution >= 4 is 30.0 Å². The molecule has 12 heteroatoms. The Morgan fingerprint density at radius 3 is 2.85 bits per heavy atom. The fourth-order valence-corrected chi connectivity index (χ4v) is 4.07. The number of rotatable bonds is 8. The average molecular weight is 398 g/mol. The number of hydrogen-bond acceptors (Lipinski definition) is 10. The monoisotopic (exact) mass is 398 g/mol. The maximum absolute atomic E-state index is 13.2. The molecule has 5 atom stereocenters. The quantitative estimate of drug-likeness (QED) is 0.280. The highest BCUT2D eigenvalue weighted by Gasteiger charge is 2.68. The third-order valence-electron chi connectivity index (χ3n) is 4.92. The smallest absolute Gasteiger partial charge is 0.415 e. The van der Waals surface area contributed by atoms with Gasteiger partial charge in [0.25, 0.3) is 5.79 Å². The predicted octanol–water partition coefficient (Wildman–Crippen LogP) is 1.67. The molecule has 0 spiro atoms. The van der Waals surface area contributed by atoms with Crippen molar-refractivity contribution in [2.24, 2.45) is 23.7 Å². The van der Waals surface area contributed by atoms with Gasteiger partial charge in [0.05, 0.1) is 17.8 Å². The molecule has 146 valence electrons. The molecule has 1 heterocycles. The van der Waals surface area contributed by atoms with Gasteiger partial charge in [0.1, 0.15) is 18.6 Å². The number of carbonyl (C=O) groups is 3. The first kappa shape index (κ1) is 19.3. The van der Waals surface area contributed by atoms with Crippen LogP contribution >= 0.6 is 12.0 Å². The molecule has 2 bridgehead atoms. The van der Waals surface area contributed by atoms with Gasteiger partial charge in [-0.25, -0.2) is 10.1 Å². The van der Waals surface area contributed by atoms with E-state index in [2.05, 4.69) is 14.1 Å². The van der Waals surface area contributed by atoms with Crippen molar-refractivity contribution < 1.29 is 52.0 Å². The van der Waals surface area contributed by atoms with Crippen LogP contribution in [-0.2, 0) is 38.0 Å². The summed E-state index contributed by atoms with van der Waals surface area (Å²) in [6, 6.07) is 0. The van der Waals surface area contributed by atoms with Crippen LogP contribution in [0.5, 0.6) is 0 Å². The molecular formula is C14H16F2O9S. The van der Waals surface area contributed by atoms with E-state index in [9.17, 15) is 23.2 Å². The molecule has 1 N–H and O–H groups in total. The molecule has 26 heavy (non-hydrogen) atoms. The van der Waals surface area contributed by atoms with Gasteiger partial charge in [-0.15, -0.1) is 4.33 Å². The van der Waals surface area contributed by atoms with Gasteiger partial charge in [-0.1, -0.05) is 5.04 Å². The molecule has 2 saturated carbocycles. The third kappa shape index (κ3) is 3.38. The summed E-state index contributed by atoms with van der Waals surface area (Å²) < 4.78 is 45.1. The first-order valence-corrected chi connectivity index (χ1v) is 8.59. The minimum absolute atomic E-state index is 0.185. The van der Waals surface area contributed by atoms with Crippen LogP contribution in [0, 0.1) is 23.7 Å². The lowest BCUT2D eigenvalue weighted by atomic mass is 9.87. The van der Waals surface area contributed by atoms with Gasteiger partial charge in [0, 0.05) is 6.42 Å². The van der Waals surface area contributed by atoms with Crippen molar-refractivity contribution in [2.75, 3.05) is 6.61 Å². The number of carbonyl (C=O) groups excluding carboxylic acids is 3. The fraction of sp³-hybridized carbons (Fsp3) is 0.786. The summed E-state index contributed by atoms with van der Waals surface area (Å²) >= 11 is -0.764. The van der Waals surface area contributed by atoms with Gasteiger partial charge in [-0.2, -0.15) is 8.78 Å². The Balaban J connectivity index is 1.51. The number of esters is 3. The van der Waals surface area contributed by atoms with Crippen LogP contribution in [0.15, 0.2) is 0 Å². The SMILES string of the molecule is CC(COC(=O)C(F)(F)SOOO)C(=O)OC12CC3CC(C(=O)O1)C2C3. The minimum Gasteiger partial charge on any atom is -0.460 e. The van der Waals surface area contributed by atoms with E-state index in [1.165, 1.54) is 6.92 Å². The van der Waals surface area contributed by atoms with Crippen LogP contribution in [0.2, 0.25) is 0 Å². The maximum Gasteiger partial charge on any atom is 0.415 e. The van der Waals surface area contributed by atoms with Crippen LogP contribution in [0.1, 0.15) is 26.2 Å². The van der Waals surface area contributed by atoms with Crippen molar-refractivity contribution in [1.82, 2.24) is 0 Å². The molecular weight excluding hydrogens is 382 g/mol. The molecule has 1 aliphatic heterocycles. The normalized spacial score (nSPS) is 33.1. The van der Waals surface area contributed by atoms with E-state index >= 15 is 0 Å². The Bertz CT molecular complexity index is 615. The van der Waals surface area contributed by atoms with Crippen molar-refractivity contribution in [3.8, 4) is 0 Å².